The molecule has 13 heteroatoms. The number of carbonyl (C=O) groups excluding carboxylic acids is 1. The maximum Gasteiger partial charge on any atom is 0.311 e. The molecule has 0 aliphatic carbocycles. The normalized spacial score (nSPS) is 13.8. The summed E-state index contributed by atoms with van der Waals surface area (Å²) in [6, 6.07) is 10.5. The molecule has 0 bridgehead atoms. The van der Waals surface area contributed by atoms with Crippen LogP contribution >= 0.6 is 35.0 Å². The van der Waals surface area contributed by atoms with Crippen LogP contribution in [0.15, 0.2) is 41.4 Å². The Bertz CT molecular complexity index is 1190. The first-order chi connectivity index (χ1) is 19.2. The fourth-order valence-corrected chi connectivity index (χ4v) is 5.50. The first kappa shape index (κ1) is 31.6. The summed E-state index contributed by atoms with van der Waals surface area (Å²) in [4.78, 5) is 33.8. The minimum Gasteiger partial charge on any atom is -0.487 e. The van der Waals surface area contributed by atoms with E-state index in [-0.39, 0.29) is 17.3 Å². The van der Waals surface area contributed by atoms with E-state index in [0.717, 1.165) is 28.7 Å². The van der Waals surface area contributed by atoms with Crippen molar-refractivity contribution in [1.82, 2.24) is 15.1 Å². The number of benzene rings is 2. The highest BCUT2D eigenvalue weighted by molar-refractivity contribution is 7.98. The number of aliphatic imine (C=N–C) groups is 1. The van der Waals surface area contributed by atoms with Gasteiger partial charge in [-0.05, 0) is 30.7 Å². The van der Waals surface area contributed by atoms with Gasteiger partial charge in [-0.25, -0.2) is 0 Å². The number of nitro benzene ring substituents is 1. The van der Waals surface area contributed by atoms with Gasteiger partial charge in [0.25, 0.3) is 0 Å². The summed E-state index contributed by atoms with van der Waals surface area (Å²) >= 11 is 14.0. The summed E-state index contributed by atoms with van der Waals surface area (Å²) in [6.07, 6.45) is 0.374. The fraction of sp³-hybridized carbons (Fsp3) is 0.481. The molecule has 1 aliphatic rings. The predicted octanol–water partition coefficient (Wildman–Crippen LogP) is 4.78. The fourth-order valence-electron chi connectivity index (χ4n) is 4.11. The Morgan fingerprint density at radius 3 is 2.58 bits per heavy atom. The quantitative estimate of drug-likeness (QED) is 0.120. The Labute approximate surface area is 249 Å². The molecule has 2 aromatic carbocycles. The van der Waals surface area contributed by atoms with E-state index in [0.29, 0.717) is 62.3 Å². The number of hydrogen-bond donors (Lipinski definition) is 1. The molecule has 1 aliphatic heterocycles. The summed E-state index contributed by atoms with van der Waals surface area (Å²) < 4.78 is 5.52. The predicted molar refractivity (Wildman–Crippen MR) is 164 cm³/mol. The summed E-state index contributed by atoms with van der Waals surface area (Å²) in [5.41, 5.74) is 1.88. The van der Waals surface area contributed by atoms with Crippen LogP contribution in [0.3, 0.4) is 0 Å². The maximum atomic E-state index is 12.1. The molecule has 1 saturated heterocycles. The molecule has 1 heterocycles. The second kappa shape index (κ2) is 15.8. The first-order valence-electron chi connectivity index (χ1n) is 13.1. The largest absolute Gasteiger partial charge is 0.487 e. The Hall–Kier alpha value is -2.89. The lowest BCUT2D eigenvalue weighted by atomic mass is 10.2. The van der Waals surface area contributed by atoms with Gasteiger partial charge in [-0.15, -0.1) is 0 Å². The maximum absolute atomic E-state index is 12.1. The van der Waals surface area contributed by atoms with Crippen molar-refractivity contribution in [2.75, 3.05) is 70.6 Å². The third-order valence-electron chi connectivity index (χ3n) is 6.27. The van der Waals surface area contributed by atoms with Crippen molar-refractivity contribution < 1.29 is 14.5 Å². The molecule has 10 nitrogen and oxygen atoms in total. The van der Waals surface area contributed by atoms with Gasteiger partial charge in [-0.1, -0.05) is 29.3 Å². The highest BCUT2D eigenvalue weighted by Gasteiger charge is 2.23. The van der Waals surface area contributed by atoms with Crippen LogP contribution < -0.4 is 15.0 Å². The highest BCUT2D eigenvalue weighted by atomic mass is 35.5. The molecule has 0 unspecified atom stereocenters. The van der Waals surface area contributed by atoms with Gasteiger partial charge in [0.1, 0.15) is 0 Å². The molecule has 1 amide bonds. The van der Waals surface area contributed by atoms with E-state index >= 15 is 0 Å². The molecule has 0 radical (unpaired) electrons. The number of carbonyl (C=O) groups is 1. The number of piperazine rings is 1. The molecule has 1 N–H and O–H groups in total. The van der Waals surface area contributed by atoms with E-state index in [1.54, 1.807) is 55.9 Å². The Morgan fingerprint density at radius 2 is 1.93 bits per heavy atom. The first-order valence-corrected chi connectivity index (χ1v) is 15.0. The van der Waals surface area contributed by atoms with Crippen LogP contribution in [-0.4, -0.2) is 92.3 Å². The average molecular weight is 612 g/mol. The topological polar surface area (TPSA) is 104 Å². The molecule has 0 saturated carbocycles. The second-order valence-electron chi connectivity index (χ2n) is 9.27. The van der Waals surface area contributed by atoms with Gasteiger partial charge < -0.3 is 24.8 Å². The number of rotatable bonds is 12. The van der Waals surface area contributed by atoms with E-state index in [1.807, 2.05) is 12.1 Å². The van der Waals surface area contributed by atoms with Gasteiger partial charge >= 0.3 is 5.69 Å². The van der Waals surface area contributed by atoms with Gasteiger partial charge in [-0.3, -0.25) is 19.9 Å². The number of ether oxygens (including phenoxy) is 1. The zero-order valence-corrected chi connectivity index (χ0v) is 25.4. The molecular weight excluding hydrogens is 575 g/mol. The number of nitro groups is 1. The zero-order chi connectivity index (χ0) is 29.1. The third kappa shape index (κ3) is 9.35. The van der Waals surface area contributed by atoms with E-state index in [2.05, 4.69) is 15.1 Å². The molecule has 2 aromatic rings. The van der Waals surface area contributed by atoms with Crippen LogP contribution in [0.25, 0.3) is 0 Å². The number of halogens is 2. The van der Waals surface area contributed by atoms with Crippen LogP contribution in [0.2, 0.25) is 10.0 Å². The van der Waals surface area contributed by atoms with E-state index in [1.165, 1.54) is 6.07 Å². The number of thioether (sulfide) groups is 1. The molecular formula is C27H36Cl2N6O4S. The van der Waals surface area contributed by atoms with Crippen molar-refractivity contribution in [3.8, 4) is 5.75 Å². The minimum atomic E-state index is -0.426. The number of hydrogen-bond acceptors (Lipinski definition) is 7. The number of nitrogens with zero attached hydrogens (tertiary/aromatic N) is 5. The van der Waals surface area contributed by atoms with Crippen LogP contribution in [-0.2, 0) is 10.5 Å². The Kier molecular flexibility index (Phi) is 12.5. The van der Waals surface area contributed by atoms with Gasteiger partial charge in [0.05, 0.1) is 18.1 Å². The molecule has 1 fully saturated rings. The summed E-state index contributed by atoms with van der Waals surface area (Å²) in [5, 5.41) is 16.0. The van der Waals surface area contributed by atoms with Crippen LogP contribution in [0.1, 0.15) is 18.9 Å². The van der Waals surface area contributed by atoms with Crippen molar-refractivity contribution in [2.45, 2.75) is 19.1 Å². The van der Waals surface area contributed by atoms with Crippen molar-refractivity contribution in [3.63, 3.8) is 0 Å². The van der Waals surface area contributed by atoms with Gasteiger partial charge in [0, 0.05) is 92.6 Å². The van der Waals surface area contributed by atoms with Crippen molar-refractivity contribution in [3.05, 3.63) is 62.1 Å². The number of amides is 1. The number of guanidine groups is 1. The van der Waals surface area contributed by atoms with E-state index < -0.39 is 4.92 Å². The summed E-state index contributed by atoms with van der Waals surface area (Å²) in [5.74, 6) is 2.68. The summed E-state index contributed by atoms with van der Waals surface area (Å²) in [7, 11) is 3.49. The van der Waals surface area contributed by atoms with Crippen molar-refractivity contribution in [1.29, 1.82) is 0 Å². The third-order valence-corrected chi connectivity index (χ3v) is 7.85. The average Bonchev–Trinajstić information content (AvgIpc) is 2.93. The van der Waals surface area contributed by atoms with E-state index in [4.69, 9.17) is 32.9 Å². The van der Waals surface area contributed by atoms with Crippen LogP contribution in [0.4, 0.5) is 11.4 Å². The standard InChI is InChI=1S/C27H36Cl2N6O4S/c1-4-39-25-18-22(7-8-24(25)35(37)38)33-12-14-34(15-13-33)27(30-10-9-26(36)32(2)3)31-11-16-40-19-20-5-6-21(28)17-23(20)29/h5-8,17-18H,4,9-16,19H2,1-3H3,(H,30,31). The highest BCUT2D eigenvalue weighted by Crippen LogP contribution is 2.32. The lowest BCUT2D eigenvalue weighted by Crippen LogP contribution is -2.53. The lowest BCUT2D eigenvalue weighted by molar-refractivity contribution is -0.385. The Morgan fingerprint density at radius 1 is 1.18 bits per heavy atom. The minimum absolute atomic E-state index is 0.0358. The van der Waals surface area contributed by atoms with Crippen LogP contribution in [0.5, 0.6) is 5.75 Å². The monoisotopic (exact) mass is 610 g/mol. The molecule has 3 rings (SSSR count). The van der Waals surface area contributed by atoms with Gasteiger partial charge in [0.15, 0.2) is 11.7 Å². The Balaban J connectivity index is 1.60. The number of nitrogens with one attached hydrogen (secondary N) is 1. The molecule has 0 atom stereocenters. The van der Waals surface area contributed by atoms with Crippen molar-refractivity contribution in [2.24, 2.45) is 4.99 Å². The summed E-state index contributed by atoms with van der Waals surface area (Å²) in [6.45, 7) is 6.11. The zero-order valence-electron chi connectivity index (χ0n) is 23.1. The number of anilines is 1. The van der Waals surface area contributed by atoms with Gasteiger partial charge in [-0.2, -0.15) is 11.8 Å². The second-order valence-corrected chi connectivity index (χ2v) is 11.2. The van der Waals surface area contributed by atoms with E-state index in [9.17, 15) is 14.9 Å². The lowest BCUT2D eigenvalue weighted by Gasteiger charge is -2.38. The van der Waals surface area contributed by atoms with Crippen LogP contribution in [0, 0.1) is 10.1 Å². The van der Waals surface area contributed by atoms with Gasteiger partial charge in [0.2, 0.25) is 5.91 Å². The molecule has 0 spiro atoms. The SMILES string of the molecule is CCOc1cc(N2CCN(C(=NCCSCc3ccc(Cl)cc3Cl)NCCC(=O)N(C)C)CC2)ccc1[N+](=O)[O-]. The molecule has 218 valence electrons. The van der Waals surface area contributed by atoms with Crippen molar-refractivity contribution >= 4 is 58.2 Å². The molecule has 0 aromatic heterocycles. The molecule has 40 heavy (non-hydrogen) atoms. The smallest absolute Gasteiger partial charge is 0.311 e.